The van der Waals surface area contributed by atoms with Gasteiger partial charge in [-0.3, -0.25) is 0 Å². The number of nitrogen functional groups attached to an aromatic ring is 1. The van der Waals surface area contributed by atoms with Crippen LogP contribution in [0.3, 0.4) is 0 Å². The Labute approximate surface area is 88.1 Å². The quantitative estimate of drug-likeness (QED) is 0.738. The van der Waals surface area contributed by atoms with E-state index in [4.69, 9.17) is 17.3 Å². The first kappa shape index (κ1) is 9.68. The Kier molecular flexibility index (Phi) is 2.33. The van der Waals surface area contributed by atoms with Gasteiger partial charge in [0, 0.05) is 11.1 Å². The second kappa shape index (κ2) is 3.37. The highest BCUT2D eigenvalue weighted by Gasteiger charge is 2.19. The molecule has 2 aromatic rings. The highest BCUT2D eigenvalue weighted by Crippen LogP contribution is 2.42. The summed E-state index contributed by atoms with van der Waals surface area (Å²) in [7, 11) is 0. The van der Waals surface area contributed by atoms with Gasteiger partial charge in [-0.05, 0) is 6.07 Å². The number of hydrogen-bond acceptors (Lipinski definition) is 2. The highest BCUT2D eigenvalue weighted by molar-refractivity contribution is 7.23. The number of anilines is 1. The minimum Gasteiger partial charge on any atom is -0.398 e. The lowest BCUT2D eigenvalue weighted by molar-refractivity contribution is 0.153. The molecule has 1 aromatic heterocycles. The second-order valence-corrected chi connectivity index (χ2v) is 4.44. The normalized spacial score (nSPS) is 11.4. The fourth-order valence-corrected chi connectivity index (χ4v) is 2.71. The van der Waals surface area contributed by atoms with E-state index in [0.29, 0.717) is 15.8 Å². The smallest absolute Gasteiger partial charge is 0.266 e. The van der Waals surface area contributed by atoms with Crippen LogP contribution in [0.5, 0.6) is 0 Å². The van der Waals surface area contributed by atoms with Crippen molar-refractivity contribution in [3.8, 4) is 0 Å². The van der Waals surface area contributed by atoms with E-state index in [9.17, 15) is 8.78 Å². The lowest BCUT2D eigenvalue weighted by Crippen LogP contribution is -1.85. The predicted octanol–water partition coefficient (Wildman–Crippen LogP) is 4.07. The summed E-state index contributed by atoms with van der Waals surface area (Å²) in [5.74, 6) is 0. The van der Waals surface area contributed by atoms with Crippen LogP contribution in [0.25, 0.3) is 10.1 Å². The third kappa shape index (κ3) is 1.35. The summed E-state index contributed by atoms with van der Waals surface area (Å²) in [6.07, 6.45) is -2.56. The first-order valence-electron chi connectivity index (χ1n) is 3.86. The van der Waals surface area contributed by atoms with Crippen molar-refractivity contribution in [2.45, 2.75) is 6.43 Å². The molecule has 1 aromatic carbocycles. The van der Waals surface area contributed by atoms with Crippen molar-refractivity contribution in [1.82, 2.24) is 0 Å². The third-order valence-electron chi connectivity index (χ3n) is 1.96. The van der Waals surface area contributed by atoms with Gasteiger partial charge in [-0.15, -0.1) is 11.3 Å². The molecular formula is C9H6ClF2NS. The summed E-state index contributed by atoms with van der Waals surface area (Å²) in [6.45, 7) is 0. The van der Waals surface area contributed by atoms with Crippen molar-refractivity contribution in [2.24, 2.45) is 0 Å². The summed E-state index contributed by atoms with van der Waals surface area (Å²) in [6, 6.07) is 4.92. The molecule has 0 atom stereocenters. The van der Waals surface area contributed by atoms with E-state index in [-0.39, 0.29) is 9.90 Å². The Bertz CT molecular complexity index is 481. The van der Waals surface area contributed by atoms with Crippen molar-refractivity contribution in [1.29, 1.82) is 0 Å². The zero-order chi connectivity index (χ0) is 10.3. The zero-order valence-corrected chi connectivity index (χ0v) is 8.50. The van der Waals surface area contributed by atoms with E-state index in [1.807, 2.05) is 0 Å². The van der Waals surface area contributed by atoms with E-state index in [2.05, 4.69) is 0 Å². The van der Waals surface area contributed by atoms with E-state index in [1.165, 1.54) is 0 Å². The summed E-state index contributed by atoms with van der Waals surface area (Å²) in [5.41, 5.74) is 6.02. The number of nitrogens with two attached hydrogens (primary N) is 1. The van der Waals surface area contributed by atoms with E-state index in [0.717, 1.165) is 11.3 Å². The molecule has 0 amide bonds. The predicted molar refractivity (Wildman–Crippen MR) is 56.2 cm³/mol. The molecule has 0 saturated heterocycles. The summed E-state index contributed by atoms with van der Waals surface area (Å²) < 4.78 is 26.0. The summed E-state index contributed by atoms with van der Waals surface area (Å²) in [5, 5.41) is 0.454. The maximum atomic E-state index is 12.6. The molecule has 1 nitrogen and oxygen atoms in total. The third-order valence-corrected chi connectivity index (χ3v) is 3.45. The van der Waals surface area contributed by atoms with Crippen molar-refractivity contribution in [3.63, 3.8) is 0 Å². The molecule has 0 fully saturated rings. The number of thiophene rings is 1. The Morgan fingerprint density at radius 3 is 2.71 bits per heavy atom. The van der Waals surface area contributed by atoms with Gasteiger partial charge in [0.25, 0.3) is 6.43 Å². The van der Waals surface area contributed by atoms with Gasteiger partial charge in [0.1, 0.15) is 4.34 Å². The van der Waals surface area contributed by atoms with Crippen LogP contribution in [-0.2, 0) is 0 Å². The molecule has 1 heterocycles. The van der Waals surface area contributed by atoms with Gasteiger partial charge in [-0.1, -0.05) is 23.7 Å². The van der Waals surface area contributed by atoms with Crippen LogP contribution in [-0.4, -0.2) is 0 Å². The molecule has 0 saturated carbocycles. The fourth-order valence-electron chi connectivity index (χ4n) is 1.33. The van der Waals surface area contributed by atoms with Crippen molar-refractivity contribution < 1.29 is 8.78 Å². The maximum absolute atomic E-state index is 12.6. The van der Waals surface area contributed by atoms with Crippen LogP contribution >= 0.6 is 22.9 Å². The molecule has 14 heavy (non-hydrogen) atoms. The van der Waals surface area contributed by atoms with Gasteiger partial charge in [0.05, 0.1) is 10.3 Å². The minimum absolute atomic E-state index is 0.112. The first-order valence-corrected chi connectivity index (χ1v) is 5.05. The topological polar surface area (TPSA) is 26.0 Å². The lowest BCUT2D eigenvalue weighted by Gasteiger charge is -1.98. The van der Waals surface area contributed by atoms with E-state index in [1.54, 1.807) is 18.2 Å². The van der Waals surface area contributed by atoms with Gasteiger partial charge in [-0.2, -0.15) is 0 Å². The number of benzene rings is 1. The Morgan fingerprint density at radius 1 is 1.36 bits per heavy atom. The second-order valence-electron chi connectivity index (χ2n) is 2.81. The van der Waals surface area contributed by atoms with Gasteiger partial charge in [0.15, 0.2) is 0 Å². The Morgan fingerprint density at radius 2 is 2.07 bits per heavy atom. The van der Waals surface area contributed by atoms with Crippen LogP contribution < -0.4 is 5.73 Å². The van der Waals surface area contributed by atoms with E-state index >= 15 is 0 Å². The Balaban J connectivity index is 2.83. The van der Waals surface area contributed by atoms with Gasteiger partial charge >= 0.3 is 0 Å². The average Bonchev–Trinajstić information content (AvgIpc) is 2.42. The fraction of sp³-hybridized carbons (Fsp3) is 0.111. The molecular weight excluding hydrogens is 228 g/mol. The molecule has 0 aliphatic rings. The molecule has 5 heteroatoms. The molecule has 0 aliphatic carbocycles. The van der Waals surface area contributed by atoms with E-state index < -0.39 is 6.43 Å². The summed E-state index contributed by atoms with van der Waals surface area (Å²) >= 11 is 6.81. The van der Waals surface area contributed by atoms with Crippen LogP contribution in [0.2, 0.25) is 4.34 Å². The number of rotatable bonds is 1. The first-order chi connectivity index (χ1) is 6.61. The molecule has 0 radical (unpaired) electrons. The highest BCUT2D eigenvalue weighted by atomic mass is 35.5. The molecule has 0 unspecified atom stereocenters. The lowest BCUT2D eigenvalue weighted by atomic mass is 10.1. The standard InChI is InChI=1S/C9H6ClF2NS/c10-8-6(9(11)12)4-2-1-3-5(13)7(4)14-8/h1-3,9H,13H2. The monoisotopic (exact) mass is 233 g/mol. The number of halogens is 3. The van der Waals surface area contributed by atoms with Crippen molar-refractivity contribution in [3.05, 3.63) is 28.1 Å². The molecule has 2 rings (SSSR count). The van der Waals surface area contributed by atoms with Gasteiger partial charge in [-0.25, -0.2) is 8.78 Å². The number of fused-ring (bicyclic) bond motifs is 1. The van der Waals surface area contributed by atoms with Crippen molar-refractivity contribution >= 4 is 38.7 Å². The van der Waals surface area contributed by atoms with Crippen LogP contribution in [0, 0.1) is 0 Å². The minimum atomic E-state index is -2.56. The van der Waals surface area contributed by atoms with Gasteiger partial charge in [0.2, 0.25) is 0 Å². The maximum Gasteiger partial charge on any atom is 0.266 e. The molecule has 0 spiro atoms. The number of alkyl halides is 2. The molecule has 74 valence electrons. The van der Waals surface area contributed by atoms with Crippen LogP contribution in [0.15, 0.2) is 18.2 Å². The Hall–Kier alpha value is -0.870. The SMILES string of the molecule is Nc1cccc2c(C(F)F)c(Cl)sc12. The molecule has 2 N–H and O–H groups in total. The van der Waals surface area contributed by atoms with Crippen LogP contribution in [0.1, 0.15) is 12.0 Å². The molecule has 0 bridgehead atoms. The van der Waals surface area contributed by atoms with Crippen LogP contribution in [0.4, 0.5) is 14.5 Å². The average molecular weight is 234 g/mol. The largest absolute Gasteiger partial charge is 0.398 e. The number of hydrogen-bond donors (Lipinski definition) is 1. The molecule has 0 aliphatic heterocycles. The zero-order valence-electron chi connectivity index (χ0n) is 6.93. The van der Waals surface area contributed by atoms with Gasteiger partial charge < -0.3 is 5.73 Å². The summed E-state index contributed by atoms with van der Waals surface area (Å²) in [4.78, 5) is 0. The van der Waals surface area contributed by atoms with Crippen molar-refractivity contribution in [2.75, 3.05) is 5.73 Å².